The molecule has 2 rings (SSSR count). The zero-order valence-electron chi connectivity index (χ0n) is 7.83. The molecule has 1 atom stereocenters. The third kappa shape index (κ3) is 2.14. The first kappa shape index (κ1) is 10.1. The molecule has 0 amide bonds. The molecule has 1 saturated heterocycles. The van der Waals surface area contributed by atoms with Gasteiger partial charge in [-0.25, -0.2) is 0 Å². The summed E-state index contributed by atoms with van der Waals surface area (Å²) in [5, 5.41) is 9.03. The quantitative estimate of drug-likeness (QED) is 0.514. The lowest BCUT2D eigenvalue weighted by Crippen LogP contribution is -2.39. The highest BCUT2D eigenvalue weighted by Crippen LogP contribution is 2.20. The van der Waals surface area contributed by atoms with Crippen LogP contribution in [0, 0.1) is 5.92 Å². The van der Waals surface area contributed by atoms with Crippen molar-refractivity contribution >= 4 is 22.6 Å². The molecule has 5 heteroatoms. The Kier molecular flexibility index (Phi) is 3.17. The highest BCUT2D eigenvalue weighted by Gasteiger charge is 2.23. The number of hydrazine groups is 1. The van der Waals surface area contributed by atoms with Crippen molar-refractivity contribution in [2.75, 3.05) is 19.7 Å². The molecule has 2 aliphatic rings. The third-order valence-electron chi connectivity index (χ3n) is 2.58. The molecule has 14 heavy (non-hydrogen) atoms. The van der Waals surface area contributed by atoms with Crippen LogP contribution >= 0.6 is 22.6 Å². The van der Waals surface area contributed by atoms with Gasteiger partial charge in [0.25, 0.3) is 0 Å². The van der Waals surface area contributed by atoms with Gasteiger partial charge in [-0.2, -0.15) is 0 Å². The second-order valence-electron chi connectivity index (χ2n) is 3.60. The summed E-state index contributed by atoms with van der Waals surface area (Å²) in [6.07, 6.45) is 5.19. The summed E-state index contributed by atoms with van der Waals surface area (Å²) in [6.45, 7) is 2.27. The SMILES string of the molecule is OCC1CCN(C2=CC=C(I)NN2)C1. The van der Waals surface area contributed by atoms with Crippen molar-refractivity contribution in [3.63, 3.8) is 0 Å². The third-order valence-corrected chi connectivity index (χ3v) is 3.21. The van der Waals surface area contributed by atoms with Gasteiger partial charge >= 0.3 is 0 Å². The van der Waals surface area contributed by atoms with Gasteiger partial charge in [-0.1, -0.05) is 0 Å². The van der Waals surface area contributed by atoms with Crippen LogP contribution in [0.5, 0.6) is 0 Å². The Morgan fingerprint density at radius 1 is 1.50 bits per heavy atom. The smallest absolute Gasteiger partial charge is 0.120 e. The van der Waals surface area contributed by atoms with Gasteiger partial charge in [0.05, 0.1) is 3.70 Å². The summed E-state index contributed by atoms with van der Waals surface area (Å²) in [5.41, 5.74) is 6.20. The molecule has 0 bridgehead atoms. The Morgan fingerprint density at radius 3 is 2.93 bits per heavy atom. The van der Waals surface area contributed by atoms with E-state index in [9.17, 15) is 0 Å². The zero-order chi connectivity index (χ0) is 9.97. The van der Waals surface area contributed by atoms with Crippen LogP contribution in [-0.2, 0) is 0 Å². The standard InChI is InChI=1S/C9H14IN3O/c10-8-1-2-9(12-11-8)13-4-3-7(5-13)6-14/h1-2,7,11-12,14H,3-6H2. The number of aliphatic hydroxyl groups excluding tert-OH is 1. The van der Waals surface area contributed by atoms with E-state index >= 15 is 0 Å². The van der Waals surface area contributed by atoms with E-state index in [0.717, 1.165) is 29.0 Å². The van der Waals surface area contributed by atoms with Crippen LogP contribution in [0.3, 0.4) is 0 Å². The minimum Gasteiger partial charge on any atom is -0.396 e. The number of likely N-dealkylation sites (tertiary alicyclic amines) is 1. The van der Waals surface area contributed by atoms with Crippen LogP contribution in [0.15, 0.2) is 21.7 Å². The largest absolute Gasteiger partial charge is 0.396 e. The van der Waals surface area contributed by atoms with Crippen LogP contribution in [-0.4, -0.2) is 29.7 Å². The first-order valence-corrected chi connectivity index (χ1v) is 5.83. The van der Waals surface area contributed by atoms with E-state index in [0.29, 0.717) is 12.5 Å². The summed E-state index contributed by atoms with van der Waals surface area (Å²) in [4.78, 5) is 2.26. The van der Waals surface area contributed by atoms with Crippen molar-refractivity contribution < 1.29 is 5.11 Å². The highest BCUT2D eigenvalue weighted by molar-refractivity contribution is 14.1. The van der Waals surface area contributed by atoms with Crippen molar-refractivity contribution in [3.05, 3.63) is 21.7 Å². The Hall–Kier alpha value is -0.430. The number of hydrogen-bond acceptors (Lipinski definition) is 4. The van der Waals surface area contributed by atoms with E-state index < -0.39 is 0 Å². The van der Waals surface area contributed by atoms with Gasteiger partial charge in [0.1, 0.15) is 5.82 Å². The van der Waals surface area contributed by atoms with Gasteiger partial charge < -0.3 is 10.0 Å². The molecule has 78 valence electrons. The molecule has 1 unspecified atom stereocenters. The van der Waals surface area contributed by atoms with Crippen molar-refractivity contribution in [2.45, 2.75) is 6.42 Å². The molecule has 0 aromatic heterocycles. The van der Waals surface area contributed by atoms with Crippen LogP contribution in [0.2, 0.25) is 0 Å². The highest BCUT2D eigenvalue weighted by atomic mass is 127. The van der Waals surface area contributed by atoms with Gasteiger partial charge in [-0.05, 0) is 41.2 Å². The molecule has 0 aromatic rings. The predicted octanol–water partition coefficient (Wildman–Crippen LogP) is 0.526. The molecule has 4 nitrogen and oxygen atoms in total. The molecule has 0 aromatic carbocycles. The second kappa shape index (κ2) is 4.39. The molecule has 1 fully saturated rings. The van der Waals surface area contributed by atoms with Gasteiger partial charge in [0.2, 0.25) is 0 Å². The summed E-state index contributed by atoms with van der Waals surface area (Å²) >= 11 is 2.23. The van der Waals surface area contributed by atoms with Gasteiger partial charge in [0.15, 0.2) is 0 Å². The summed E-state index contributed by atoms with van der Waals surface area (Å²) in [7, 11) is 0. The average Bonchev–Trinajstić information content (AvgIpc) is 2.67. The number of allylic oxidation sites excluding steroid dienone is 2. The molecule has 2 heterocycles. The molecular weight excluding hydrogens is 293 g/mol. The molecule has 0 aliphatic carbocycles. The topological polar surface area (TPSA) is 47.5 Å². The molecule has 0 radical (unpaired) electrons. The molecule has 2 aliphatic heterocycles. The van der Waals surface area contributed by atoms with E-state index in [2.05, 4.69) is 44.4 Å². The van der Waals surface area contributed by atoms with E-state index in [1.165, 1.54) is 0 Å². The first-order chi connectivity index (χ1) is 6.79. The summed E-state index contributed by atoms with van der Waals surface area (Å²) < 4.78 is 1.09. The van der Waals surface area contributed by atoms with Crippen LogP contribution in [0.25, 0.3) is 0 Å². The summed E-state index contributed by atoms with van der Waals surface area (Å²) in [6, 6.07) is 0. The Labute approximate surface area is 97.2 Å². The predicted molar refractivity (Wildman–Crippen MR) is 63.2 cm³/mol. The maximum Gasteiger partial charge on any atom is 0.120 e. The van der Waals surface area contributed by atoms with Gasteiger partial charge in [-0.15, -0.1) is 0 Å². The molecule has 0 spiro atoms. The van der Waals surface area contributed by atoms with E-state index in [4.69, 9.17) is 5.11 Å². The van der Waals surface area contributed by atoms with Crippen molar-refractivity contribution in [2.24, 2.45) is 5.92 Å². The number of hydrogen-bond donors (Lipinski definition) is 3. The Balaban J connectivity index is 1.97. The number of nitrogens with zero attached hydrogens (tertiary/aromatic N) is 1. The molecule has 0 saturated carbocycles. The normalized spacial score (nSPS) is 26.4. The van der Waals surface area contributed by atoms with Crippen LogP contribution in [0.4, 0.5) is 0 Å². The lowest BCUT2D eigenvalue weighted by atomic mass is 10.1. The lowest BCUT2D eigenvalue weighted by molar-refractivity contribution is 0.226. The Bertz CT molecular complexity index is 277. The van der Waals surface area contributed by atoms with Crippen LogP contribution in [0.1, 0.15) is 6.42 Å². The number of rotatable bonds is 2. The van der Waals surface area contributed by atoms with Crippen molar-refractivity contribution in [1.82, 2.24) is 15.8 Å². The first-order valence-electron chi connectivity index (χ1n) is 4.75. The fourth-order valence-corrected chi connectivity index (χ4v) is 2.06. The van der Waals surface area contributed by atoms with Crippen molar-refractivity contribution in [3.8, 4) is 0 Å². The Morgan fingerprint density at radius 2 is 2.36 bits per heavy atom. The minimum absolute atomic E-state index is 0.296. The monoisotopic (exact) mass is 307 g/mol. The fourth-order valence-electron chi connectivity index (χ4n) is 1.74. The molecular formula is C9H14IN3O. The van der Waals surface area contributed by atoms with Gasteiger partial charge in [0, 0.05) is 25.6 Å². The van der Waals surface area contributed by atoms with Gasteiger partial charge in [-0.3, -0.25) is 10.9 Å². The van der Waals surface area contributed by atoms with E-state index in [-0.39, 0.29) is 0 Å². The second-order valence-corrected chi connectivity index (χ2v) is 4.76. The van der Waals surface area contributed by atoms with Crippen molar-refractivity contribution in [1.29, 1.82) is 0 Å². The number of halogens is 1. The maximum atomic E-state index is 9.03. The van der Waals surface area contributed by atoms with E-state index in [1.54, 1.807) is 0 Å². The zero-order valence-corrected chi connectivity index (χ0v) is 9.99. The minimum atomic E-state index is 0.296. The number of nitrogens with one attached hydrogen (secondary N) is 2. The van der Waals surface area contributed by atoms with Crippen LogP contribution < -0.4 is 10.9 Å². The maximum absolute atomic E-state index is 9.03. The van der Waals surface area contributed by atoms with E-state index in [1.807, 2.05) is 6.08 Å². The number of aliphatic hydroxyl groups is 1. The fraction of sp³-hybridized carbons (Fsp3) is 0.556. The molecule has 3 N–H and O–H groups in total. The summed E-state index contributed by atoms with van der Waals surface area (Å²) in [5.74, 6) is 1.53. The average molecular weight is 307 g/mol. The lowest BCUT2D eigenvalue weighted by Gasteiger charge is -2.25.